The van der Waals surface area contributed by atoms with E-state index in [9.17, 15) is 0 Å². The molecule has 0 fully saturated rings. The van der Waals surface area contributed by atoms with Crippen molar-refractivity contribution in [1.29, 1.82) is 0 Å². The largest absolute Gasteiger partial charge is 0.398 e. The van der Waals surface area contributed by atoms with E-state index < -0.39 is 5.66 Å². The molecule has 0 unspecified atom stereocenters. The van der Waals surface area contributed by atoms with Crippen LogP contribution in [0.15, 0.2) is 78.9 Å². The van der Waals surface area contributed by atoms with Gasteiger partial charge in [-0.3, -0.25) is 0 Å². The Hall–Kier alpha value is -2.62. The molecule has 0 heterocycles. The molecular formula is C19H19N3. The van der Waals surface area contributed by atoms with Gasteiger partial charge >= 0.3 is 0 Å². The molecule has 0 atom stereocenters. The van der Waals surface area contributed by atoms with Crippen molar-refractivity contribution in [3.8, 4) is 11.1 Å². The highest BCUT2D eigenvalue weighted by Gasteiger charge is 2.26. The average Bonchev–Trinajstić information content (AvgIpc) is 2.56. The molecule has 0 aliphatic heterocycles. The highest BCUT2D eigenvalue weighted by Crippen LogP contribution is 2.28. The van der Waals surface area contributed by atoms with Gasteiger partial charge in [0.25, 0.3) is 0 Å². The summed E-state index contributed by atoms with van der Waals surface area (Å²) in [5, 5.41) is 0. The molecule has 0 amide bonds. The van der Waals surface area contributed by atoms with Gasteiger partial charge in [-0.15, -0.1) is 0 Å². The lowest BCUT2D eigenvalue weighted by Crippen LogP contribution is -2.47. The quantitative estimate of drug-likeness (QED) is 0.512. The summed E-state index contributed by atoms with van der Waals surface area (Å²) < 4.78 is 0. The van der Waals surface area contributed by atoms with Gasteiger partial charge in [0.15, 0.2) is 0 Å². The smallest absolute Gasteiger partial charge is 0.118 e. The van der Waals surface area contributed by atoms with E-state index in [0.29, 0.717) is 5.69 Å². The van der Waals surface area contributed by atoms with Gasteiger partial charge in [-0.2, -0.15) is 0 Å². The summed E-state index contributed by atoms with van der Waals surface area (Å²) in [7, 11) is 0. The molecule has 0 bridgehead atoms. The van der Waals surface area contributed by atoms with E-state index in [1.54, 1.807) is 0 Å². The number of rotatable bonds is 3. The Morgan fingerprint density at radius 1 is 0.591 bits per heavy atom. The molecule has 3 aromatic rings. The second-order valence-electron chi connectivity index (χ2n) is 5.40. The molecule has 0 saturated carbocycles. The maximum atomic E-state index is 6.35. The minimum atomic E-state index is -1.11. The molecule has 3 nitrogen and oxygen atoms in total. The number of nitrogens with two attached hydrogens (primary N) is 3. The first-order valence-electron chi connectivity index (χ1n) is 7.18. The van der Waals surface area contributed by atoms with Crippen LogP contribution in [0.3, 0.4) is 0 Å². The lowest BCUT2D eigenvalue weighted by atomic mass is 9.90. The van der Waals surface area contributed by atoms with Crippen molar-refractivity contribution in [2.75, 3.05) is 5.73 Å². The Morgan fingerprint density at radius 3 is 1.77 bits per heavy atom. The minimum Gasteiger partial charge on any atom is -0.398 e. The van der Waals surface area contributed by atoms with Gasteiger partial charge in [0, 0.05) is 11.3 Å². The third kappa shape index (κ3) is 2.60. The molecule has 0 aromatic heterocycles. The van der Waals surface area contributed by atoms with Gasteiger partial charge in [-0.1, -0.05) is 72.8 Å². The summed E-state index contributed by atoms with van der Waals surface area (Å²) in [5.41, 5.74) is 22.0. The molecule has 0 radical (unpaired) electrons. The first kappa shape index (κ1) is 14.3. The van der Waals surface area contributed by atoms with Crippen molar-refractivity contribution in [3.05, 3.63) is 90.0 Å². The van der Waals surface area contributed by atoms with Crippen LogP contribution >= 0.6 is 0 Å². The summed E-state index contributed by atoms with van der Waals surface area (Å²) >= 11 is 0. The first-order valence-corrected chi connectivity index (χ1v) is 7.18. The van der Waals surface area contributed by atoms with Crippen LogP contribution < -0.4 is 17.2 Å². The molecule has 110 valence electrons. The second-order valence-corrected chi connectivity index (χ2v) is 5.40. The number of para-hydroxylation sites is 1. The summed E-state index contributed by atoms with van der Waals surface area (Å²) in [4.78, 5) is 0. The third-order valence-electron chi connectivity index (χ3n) is 3.88. The van der Waals surface area contributed by atoms with Crippen LogP contribution in [0, 0.1) is 0 Å². The van der Waals surface area contributed by atoms with Crippen LogP contribution in [0.25, 0.3) is 11.1 Å². The predicted molar refractivity (Wildman–Crippen MR) is 91.9 cm³/mol. The minimum absolute atomic E-state index is 0.597. The molecule has 22 heavy (non-hydrogen) atoms. The highest BCUT2D eigenvalue weighted by atomic mass is 15.0. The van der Waals surface area contributed by atoms with Crippen molar-refractivity contribution < 1.29 is 0 Å². The van der Waals surface area contributed by atoms with Gasteiger partial charge < -0.3 is 17.2 Å². The summed E-state index contributed by atoms with van der Waals surface area (Å²) in [6.07, 6.45) is 0. The number of hydrogen-bond donors (Lipinski definition) is 3. The first-order chi connectivity index (χ1) is 10.6. The predicted octanol–water partition coefficient (Wildman–Crippen LogP) is 3.05. The zero-order chi connectivity index (χ0) is 15.6. The van der Waals surface area contributed by atoms with Crippen LogP contribution in [0.1, 0.15) is 11.1 Å². The van der Waals surface area contributed by atoms with Gasteiger partial charge in [0.1, 0.15) is 5.66 Å². The van der Waals surface area contributed by atoms with Crippen molar-refractivity contribution >= 4 is 5.69 Å². The molecule has 0 aliphatic rings. The number of hydrogen-bond acceptors (Lipinski definition) is 3. The van der Waals surface area contributed by atoms with Crippen LogP contribution in [0.2, 0.25) is 0 Å². The normalized spacial score (nSPS) is 11.4. The zero-order valence-corrected chi connectivity index (χ0v) is 12.2. The van der Waals surface area contributed by atoms with Gasteiger partial charge in [-0.05, 0) is 22.8 Å². The van der Waals surface area contributed by atoms with Crippen LogP contribution in [0.5, 0.6) is 0 Å². The topological polar surface area (TPSA) is 78.1 Å². The van der Waals surface area contributed by atoms with E-state index in [-0.39, 0.29) is 0 Å². The SMILES string of the molecule is Nc1ccccc1C(N)(N)c1ccc(-c2ccccc2)cc1. The molecule has 0 spiro atoms. The van der Waals surface area contributed by atoms with Crippen molar-refractivity contribution in [2.45, 2.75) is 5.66 Å². The Balaban J connectivity index is 1.97. The van der Waals surface area contributed by atoms with Gasteiger partial charge in [0.05, 0.1) is 0 Å². The number of nitrogen functional groups attached to an aromatic ring is 1. The monoisotopic (exact) mass is 289 g/mol. The fraction of sp³-hybridized carbons (Fsp3) is 0.0526. The Labute approximate surface area is 130 Å². The van der Waals surface area contributed by atoms with Gasteiger partial charge in [-0.25, -0.2) is 0 Å². The fourth-order valence-corrected chi connectivity index (χ4v) is 2.60. The Bertz CT molecular complexity index is 762. The lowest BCUT2D eigenvalue weighted by Gasteiger charge is -2.27. The maximum Gasteiger partial charge on any atom is 0.118 e. The van der Waals surface area contributed by atoms with Crippen molar-refractivity contribution in [2.24, 2.45) is 11.5 Å². The van der Waals surface area contributed by atoms with Crippen LogP contribution in [-0.4, -0.2) is 0 Å². The molecule has 0 saturated heterocycles. The Morgan fingerprint density at radius 2 is 1.14 bits per heavy atom. The molecule has 0 aliphatic carbocycles. The van der Waals surface area contributed by atoms with Crippen molar-refractivity contribution in [3.63, 3.8) is 0 Å². The molecule has 6 N–H and O–H groups in total. The molecule has 3 rings (SSSR count). The Kier molecular flexibility index (Phi) is 3.67. The maximum absolute atomic E-state index is 6.35. The summed E-state index contributed by atoms with van der Waals surface area (Å²) in [5.74, 6) is 0. The number of anilines is 1. The van der Waals surface area contributed by atoms with E-state index in [1.807, 2.05) is 66.7 Å². The standard InChI is InChI=1S/C19H19N3/c20-18-9-5-4-8-17(18)19(21,22)16-12-10-15(11-13-16)14-6-2-1-3-7-14/h1-13H,20-22H2. The highest BCUT2D eigenvalue weighted by molar-refractivity contribution is 5.64. The summed E-state index contributed by atoms with van der Waals surface area (Å²) in [6.45, 7) is 0. The van der Waals surface area contributed by atoms with Crippen LogP contribution in [-0.2, 0) is 5.66 Å². The average molecular weight is 289 g/mol. The van der Waals surface area contributed by atoms with Crippen LogP contribution in [0.4, 0.5) is 5.69 Å². The molecular weight excluding hydrogens is 270 g/mol. The van der Waals surface area contributed by atoms with E-state index >= 15 is 0 Å². The van der Waals surface area contributed by atoms with E-state index in [0.717, 1.165) is 22.3 Å². The van der Waals surface area contributed by atoms with E-state index in [2.05, 4.69) is 12.1 Å². The van der Waals surface area contributed by atoms with E-state index in [4.69, 9.17) is 17.2 Å². The molecule has 3 aromatic carbocycles. The van der Waals surface area contributed by atoms with Crippen molar-refractivity contribution in [1.82, 2.24) is 0 Å². The fourth-order valence-electron chi connectivity index (χ4n) is 2.60. The van der Waals surface area contributed by atoms with Gasteiger partial charge in [0.2, 0.25) is 0 Å². The number of benzene rings is 3. The lowest BCUT2D eigenvalue weighted by molar-refractivity contribution is 0.570. The second kappa shape index (κ2) is 5.64. The third-order valence-corrected chi connectivity index (χ3v) is 3.88. The molecule has 3 heteroatoms. The summed E-state index contributed by atoms with van der Waals surface area (Å²) in [6, 6.07) is 25.6. The zero-order valence-electron chi connectivity index (χ0n) is 12.2. The van der Waals surface area contributed by atoms with E-state index in [1.165, 1.54) is 0 Å².